The second-order valence-corrected chi connectivity index (χ2v) is 5.23. The van der Waals surface area contributed by atoms with Crippen molar-refractivity contribution in [1.82, 2.24) is 14.9 Å². The third kappa shape index (κ3) is 1.78. The molecular formula is C15H8N4O4. The smallest absolute Gasteiger partial charge is 0.320 e. The number of anilines is 1. The average Bonchev–Trinajstić information content (AvgIpc) is 3.09. The van der Waals surface area contributed by atoms with Gasteiger partial charge in [0.15, 0.2) is 0 Å². The fraction of sp³-hybridized carbons (Fsp3) is 0.0667. The van der Waals surface area contributed by atoms with Crippen molar-refractivity contribution in [2.45, 2.75) is 6.54 Å². The highest BCUT2D eigenvalue weighted by Gasteiger charge is 2.36. The summed E-state index contributed by atoms with van der Waals surface area (Å²) in [7, 11) is 0. The summed E-state index contributed by atoms with van der Waals surface area (Å²) < 4.78 is 0. The van der Waals surface area contributed by atoms with E-state index in [1.165, 1.54) is 18.2 Å². The molecule has 2 amide bonds. The van der Waals surface area contributed by atoms with Crippen molar-refractivity contribution in [2.75, 3.05) is 5.73 Å². The van der Waals surface area contributed by atoms with Gasteiger partial charge in [0.25, 0.3) is 17.2 Å². The van der Waals surface area contributed by atoms with Crippen LogP contribution < -0.4 is 16.7 Å². The van der Waals surface area contributed by atoms with Crippen molar-refractivity contribution >= 4 is 17.5 Å². The molecule has 2 N–H and O–H groups in total. The molecule has 23 heavy (non-hydrogen) atoms. The van der Waals surface area contributed by atoms with Gasteiger partial charge in [0.2, 0.25) is 0 Å². The van der Waals surface area contributed by atoms with E-state index >= 15 is 0 Å². The van der Waals surface area contributed by atoms with E-state index in [1.807, 2.05) is 0 Å². The third-order valence-corrected chi connectivity index (χ3v) is 3.75. The maximum absolute atomic E-state index is 12.3. The minimum Gasteiger partial charge on any atom is -0.399 e. The number of rotatable bonds is 2. The highest BCUT2D eigenvalue weighted by Crippen LogP contribution is 2.27. The highest BCUT2D eigenvalue weighted by molar-refractivity contribution is 6.21. The molecule has 0 aliphatic carbocycles. The number of nitrogens with zero attached hydrogens (tertiary/aromatic N) is 3. The van der Waals surface area contributed by atoms with E-state index in [-0.39, 0.29) is 29.1 Å². The fourth-order valence-electron chi connectivity index (χ4n) is 2.67. The van der Waals surface area contributed by atoms with E-state index in [0.717, 1.165) is 4.90 Å². The molecule has 0 atom stereocenters. The molecule has 0 unspecified atom stereocenters. The SMILES string of the molecule is Nc1ccc2c(c1)C(=O)N(Cc1cc3nc(=O)c(=O)c-3n1)C2=O. The van der Waals surface area contributed by atoms with E-state index in [9.17, 15) is 19.2 Å². The monoisotopic (exact) mass is 308 g/mol. The van der Waals surface area contributed by atoms with Crippen molar-refractivity contribution < 1.29 is 9.59 Å². The Bertz CT molecular complexity index is 1050. The first-order chi connectivity index (χ1) is 11.0. The minimum absolute atomic E-state index is 0.0362. The number of imide groups is 1. The summed E-state index contributed by atoms with van der Waals surface area (Å²) in [4.78, 5) is 55.9. The molecule has 0 spiro atoms. The van der Waals surface area contributed by atoms with Gasteiger partial charge in [-0.05, 0) is 24.3 Å². The van der Waals surface area contributed by atoms with Crippen LogP contribution in [0.15, 0.2) is 33.9 Å². The Morgan fingerprint density at radius 2 is 1.70 bits per heavy atom. The van der Waals surface area contributed by atoms with E-state index in [2.05, 4.69) is 9.97 Å². The van der Waals surface area contributed by atoms with Crippen LogP contribution in [0, 0.1) is 0 Å². The van der Waals surface area contributed by atoms with Crippen molar-refractivity contribution in [3.63, 3.8) is 0 Å². The summed E-state index contributed by atoms with van der Waals surface area (Å²) in [5.41, 5.74) is 5.37. The zero-order valence-electron chi connectivity index (χ0n) is 11.6. The first kappa shape index (κ1) is 13.3. The molecule has 4 rings (SSSR count). The van der Waals surface area contributed by atoms with Gasteiger partial charge in [-0.15, -0.1) is 0 Å². The molecule has 0 saturated heterocycles. The van der Waals surface area contributed by atoms with Crippen molar-refractivity contribution in [2.24, 2.45) is 0 Å². The molecular weight excluding hydrogens is 300 g/mol. The fourth-order valence-corrected chi connectivity index (χ4v) is 2.67. The van der Waals surface area contributed by atoms with E-state index < -0.39 is 22.8 Å². The standard InChI is InChI=1S/C15H8N4O4/c16-6-1-2-8-9(3-6)15(23)19(14(8)22)5-7-4-10-11(17-7)12(20)13(21)18-10/h1-4H,5,16H2. The van der Waals surface area contributed by atoms with E-state index in [0.29, 0.717) is 11.4 Å². The van der Waals surface area contributed by atoms with Crippen LogP contribution in [0.3, 0.4) is 0 Å². The zero-order chi connectivity index (χ0) is 16.3. The summed E-state index contributed by atoms with van der Waals surface area (Å²) in [6.45, 7) is -0.101. The number of fused-ring (bicyclic) bond motifs is 2. The van der Waals surface area contributed by atoms with Crippen LogP contribution in [0.25, 0.3) is 11.4 Å². The first-order valence-corrected chi connectivity index (χ1v) is 6.68. The number of hydrogen-bond acceptors (Lipinski definition) is 7. The summed E-state index contributed by atoms with van der Waals surface area (Å²) in [5, 5.41) is 0. The first-order valence-electron chi connectivity index (χ1n) is 6.68. The second kappa shape index (κ2) is 4.29. The van der Waals surface area contributed by atoms with Gasteiger partial charge in [0, 0.05) is 5.69 Å². The molecule has 0 aromatic heterocycles. The maximum Gasteiger partial charge on any atom is 0.320 e. The maximum atomic E-state index is 12.3. The lowest BCUT2D eigenvalue weighted by Crippen LogP contribution is -2.29. The number of hydrogen-bond donors (Lipinski definition) is 1. The zero-order valence-corrected chi connectivity index (χ0v) is 11.6. The van der Waals surface area contributed by atoms with E-state index in [4.69, 9.17) is 5.73 Å². The van der Waals surface area contributed by atoms with Crippen molar-refractivity contribution in [3.05, 3.63) is 61.7 Å². The summed E-state index contributed by atoms with van der Waals surface area (Å²) >= 11 is 0. The van der Waals surface area contributed by atoms with Crippen LogP contribution in [-0.2, 0) is 6.54 Å². The Balaban J connectivity index is 1.71. The number of benzene rings is 1. The molecule has 3 aliphatic rings. The van der Waals surface area contributed by atoms with Gasteiger partial charge in [-0.25, -0.2) is 9.97 Å². The largest absolute Gasteiger partial charge is 0.399 e. The van der Waals surface area contributed by atoms with Gasteiger partial charge in [0.05, 0.1) is 29.1 Å². The predicted octanol–water partition coefficient (Wildman–Crippen LogP) is -0.444. The molecule has 8 heteroatoms. The molecule has 0 bridgehead atoms. The van der Waals surface area contributed by atoms with Gasteiger partial charge in [-0.1, -0.05) is 0 Å². The molecule has 3 heterocycles. The predicted molar refractivity (Wildman–Crippen MR) is 78.6 cm³/mol. The summed E-state index contributed by atoms with van der Waals surface area (Å²) in [6, 6.07) is 5.92. The van der Waals surface area contributed by atoms with Crippen LogP contribution in [0.2, 0.25) is 0 Å². The molecule has 112 valence electrons. The lowest BCUT2D eigenvalue weighted by molar-refractivity contribution is 0.0640. The number of amides is 2. The van der Waals surface area contributed by atoms with Gasteiger partial charge in [0.1, 0.15) is 5.69 Å². The van der Waals surface area contributed by atoms with Crippen molar-refractivity contribution in [1.29, 1.82) is 0 Å². The number of aromatic nitrogens is 2. The number of nitrogens with two attached hydrogens (primary N) is 1. The molecule has 1 aromatic rings. The van der Waals surface area contributed by atoms with Crippen LogP contribution in [0.5, 0.6) is 0 Å². The van der Waals surface area contributed by atoms with Gasteiger partial charge < -0.3 is 5.73 Å². The van der Waals surface area contributed by atoms with E-state index in [1.54, 1.807) is 6.07 Å². The molecule has 3 aliphatic heterocycles. The molecule has 0 radical (unpaired) electrons. The van der Waals surface area contributed by atoms with Crippen LogP contribution in [0.1, 0.15) is 26.4 Å². The Hall–Kier alpha value is -3.42. The number of carbonyl (C=O) groups is 2. The summed E-state index contributed by atoms with van der Waals surface area (Å²) in [6.07, 6.45) is 0. The Labute approximate surface area is 128 Å². The topological polar surface area (TPSA) is 123 Å². The lowest BCUT2D eigenvalue weighted by atomic mass is 10.1. The quantitative estimate of drug-likeness (QED) is 0.386. The van der Waals surface area contributed by atoms with Gasteiger partial charge in [-0.2, -0.15) is 0 Å². The van der Waals surface area contributed by atoms with Gasteiger partial charge in [-0.3, -0.25) is 24.1 Å². The molecule has 8 nitrogen and oxygen atoms in total. The average molecular weight is 308 g/mol. The Morgan fingerprint density at radius 3 is 2.43 bits per heavy atom. The Kier molecular flexibility index (Phi) is 2.47. The molecule has 0 fully saturated rings. The number of carbonyl (C=O) groups excluding carboxylic acids is 2. The van der Waals surface area contributed by atoms with Crippen LogP contribution >= 0.6 is 0 Å². The minimum atomic E-state index is -0.856. The molecule has 1 aromatic carbocycles. The third-order valence-electron chi connectivity index (χ3n) is 3.75. The Morgan fingerprint density at radius 1 is 0.957 bits per heavy atom. The normalized spacial score (nSPS) is 14.0. The van der Waals surface area contributed by atoms with Gasteiger partial charge >= 0.3 is 5.56 Å². The van der Waals surface area contributed by atoms with Crippen LogP contribution in [0.4, 0.5) is 5.69 Å². The highest BCUT2D eigenvalue weighted by atomic mass is 16.2. The lowest BCUT2D eigenvalue weighted by Gasteiger charge is -2.11. The van der Waals surface area contributed by atoms with Crippen molar-refractivity contribution in [3.8, 4) is 11.4 Å². The van der Waals surface area contributed by atoms with Crippen LogP contribution in [-0.4, -0.2) is 26.7 Å². The summed E-state index contributed by atoms with van der Waals surface area (Å²) in [5.74, 6) is -0.924. The second-order valence-electron chi connectivity index (χ2n) is 5.23. The number of nitrogen functional groups attached to an aromatic ring is 1. The molecule has 0 saturated carbocycles.